The van der Waals surface area contributed by atoms with Crippen molar-refractivity contribution >= 4 is 17.5 Å². The first kappa shape index (κ1) is 13.1. The van der Waals surface area contributed by atoms with E-state index in [9.17, 15) is 14.0 Å². The van der Waals surface area contributed by atoms with Crippen LogP contribution in [0, 0.1) is 5.82 Å². The molecule has 0 bridgehead atoms. The van der Waals surface area contributed by atoms with Gasteiger partial charge in [0.25, 0.3) is 5.91 Å². The van der Waals surface area contributed by atoms with Gasteiger partial charge in [-0.2, -0.15) is 0 Å². The normalized spacial score (nSPS) is 21.9. The van der Waals surface area contributed by atoms with Gasteiger partial charge in [0.15, 0.2) is 0 Å². The molecule has 106 valence electrons. The van der Waals surface area contributed by atoms with Gasteiger partial charge in [0.2, 0.25) is 5.91 Å². The van der Waals surface area contributed by atoms with Crippen molar-refractivity contribution in [2.45, 2.75) is 37.6 Å². The summed E-state index contributed by atoms with van der Waals surface area (Å²) in [7, 11) is 0. The average molecular weight is 276 g/mol. The zero-order valence-corrected chi connectivity index (χ0v) is 11.2. The third-order valence-corrected chi connectivity index (χ3v) is 4.18. The number of nitrogens with one attached hydrogen (secondary N) is 1. The molecule has 5 heteroatoms. The highest BCUT2D eigenvalue weighted by atomic mass is 19.1. The first-order chi connectivity index (χ1) is 9.61. The van der Waals surface area contributed by atoms with E-state index >= 15 is 0 Å². The van der Waals surface area contributed by atoms with Crippen LogP contribution in [0.3, 0.4) is 0 Å². The first-order valence-corrected chi connectivity index (χ1v) is 6.99. The summed E-state index contributed by atoms with van der Waals surface area (Å²) in [6.45, 7) is 0.00617. The number of rotatable bonds is 1. The average Bonchev–Trinajstić information content (AvgIpc) is 2.45. The van der Waals surface area contributed by atoms with Crippen molar-refractivity contribution in [1.82, 2.24) is 5.32 Å². The van der Waals surface area contributed by atoms with Gasteiger partial charge in [0.1, 0.15) is 17.9 Å². The van der Waals surface area contributed by atoms with Crippen LogP contribution in [0.5, 0.6) is 0 Å². The Kier molecular flexibility index (Phi) is 3.20. The fourth-order valence-electron chi connectivity index (χ4n) is 3.16. The van der Waals surface area contributed by atoms with E-state index in [1.807, 2.05) is 0 Å². The number of benzene rings is 1. The lowest BCUT2D eigenvalue weighted by Gasteiger charge is -2.44. The molecule has 2 amide bonds. The van der Waals surface area contributed by atoms with Crippen LogP contribution in [0.2, 0.25) is 0 Å². The standard InChI is InChI=1S/C15H17FN2O2/c16-11-4-6-12(7-5-11)18-10-13(19)17-15(14(18)20)8-2-1-3-9-15/h4-7H,1-3,8-10H2,(H,17,19). The summed E-state index contributed by atoms with van der Waals surface area (Å²) < 4.78 is 13.0. The van der Waals surface area contributed by atoms with Crippen molar-refractivity contribution in [3.63, 3.8) is 0 Å². The maximum Gasteiger partial charge on any atom is 0.253 e. The summed E-state index contributed by atoms with van der Waals surface area (Å²) in [5, 5.41) is 2.89. The molecule has 4 nitrogen and oxygen atoms in total. The Balaban J connectivity index is 1.92. The predicted octanol–water partition coefficient (Wildman–Crippen LogP) is 1.99. The molecule has 0 aromatic heterocycles. The van der Waals surface area contributed by atoms with Crippen LogP contribution in [-0.4, -0.2) is 23.9 Å². The Morgan fingerprint density at radius 2 is 1.70 bits per heavy atom. The van der Waals surface area contributed by atoms with Crippen molar-refractivity contribution < 1.29 is 14.0 Å². The Hall–Kier alpha value is -1.91. The van der Waals surface area contributed by atoms with Crippen molar-refractivity contribution in [2.75, 3.05) is 11.4 Å². The van der Waals surface area contributed by atoms with Crippen LogP contribution in [0.4, 0.5) is 10.1 Å². The topological polar surface area (TPSA) is 49.4 Å². The Bertz CT molecular complexity index is 535. The molecule has 1 N–H and O–H groups in total. The summed E-state index contributed by atoms with van der Waals surface area (Å²) in [6.07, 6.45) is 4.37. The van der Waals surface area contributed by atoms with Gasteiger partial charge >= 0.3 is 0 Å². The molecule has 2 aliphatic rings. The van der Waals surface area contributed by atoms with E-state index in [2.05, 4.69) is 5.32 Å². The molecular weight excluding hydrogens is 259 g/mol. The van der Waals surface area contributed by atoms with Gasteiger partial charge in [-0.3, -0.25) is 9.59 Å². The number of halogens is 1. The second-order valence-corrected chi connectivity index (χ2v) is 5.56. The van der Waals surface area contributed by atoms with Crippen LogP contribution < -0.4 is 10.2 Å². The van der Waals surface area contributed by atoms with Gasteiger partial charge in [-0.25, -0.2) is 4.39 Å². The molecule has 1 saturated carbocycles. The van der Waals surface area contributed by atoms with Crippen molar-refractivity contribution in [2.24, 2.45) is 0 Å². The van der Waals surface area contributed by atoms with Crippen LogP contribution >= 0.6 is 0 Å². The fourth-order valence-corrected chi connectivity index (χ4v) is 3.16. The number of carbonyl (C=O) groups excluding carboxylic acids is 2. The number of amides is 2. The summed E-state index contributed by atoms with van der Waals surface area (Å²) in [5.74, 6) is -0.561. The van der Waals surface area contributed by atoms with Crippen LogP contribution in [0.25, 0.3) is 0 Å². The zero-order valence-electron chi connectivity index (χ0n) is 11.2. The molecule has 1 saturated heterocycles. The van der Waals surface area contributed by atoms with Gasteiger partial charge < -0.3 is 10.2 Å². The maximum atomic E-state index is 13.0. The van der Waals surface area contributed by atoms with Gasteiger partial charge in [0.05, 0.1) is 0 Å². The van der Waals surface area contributed by atoms with Gasteiger partial charge in [-0.1, -0.05) is 19.3 Å². The lowest BCUT2D eigenvalue weighted by molar-refractivity contribution is -0.137. The fraction of sp³-hybridized carbons (Fsp3) is 0.467. The Morgan fingerprint density at radius 3 is 2.35 bits per heavy atom. The maximum absolute atomic E-state index is 13.0. The largest absolute Gasteiger partial charge is 0.340 e. The van der Waals surface area contributed by atoms with E-state index in [0.29, 0.717) is 18.5 Å². The van der Waals surface area contributed by atoms with E-state index in [1.54, 1.807) is 12.1 Å². The number of nitrogens with zero attached hydrogens (tertiary/aromatic N) is 1. The van der Waals surface area contributed by atoms with Gasteiger partial charge in [-0.15, -0.1) is 0 Å². The molecule has 20 heavy (non-hydrogen) atoms. The molecule has 0 radical (unpaired) electrons. The summed E-state index contributed by atoms with van der Waals surface area (Å²) in [4.78, 5) is 26.2. The molecule has 1 heterocycles. The first-order valence-electron chi connectivity index (χ1n) is 6.99. The van der Waals surface area contributed by atoms with Crippen molar-refractivity contribution in [3.8, 4) is 0 Å². The summed E-state index contributed by atoms with van der Waals surface area (Å²) in [6, 6.07) is 5.70. The minimum atomic E-state index is -0.748. The number of carbonyl (C=O) groups is 2. The highest BCUT2D eigenvalue weighted by Crippen LogP contribution is 2.33. The van der Waals surface area contributed by atoms with E-state index in [-0.39, 0.29) is 24.2 Å². The smallest absolute Gasteiger partial charge is 0.253 e. The quantitative estimate of drug-likeness (QED) is 0.852. The van der Waals surface area contributed by atoms with Gasteiger partial charge in [-0.05, 0) is 37.1 Å². The molecule has 1 aromatic carbocycles. The summed E-state index contributed by atoms with van der Waals surface area (Å²) in [5.41, 5.74) is -0.168. The Morgan fingerprint density at radius 1 is 1.05 bits per heavy atom. The molecule has 2 fully saturated rings. The van der Waals surface area contributed by atoms with Crippen molar-refractivity contribution in [3.05, 3.63) is 30.1 Å². The van der Waals surface area contributed by atoms with Crippen LogP contribution in [-0.2, 0) is 9.59 Å². The molecular formula is C15H17FN2O2. The monoisotopic (exact) mass is 276 g/mol. The highest BCUT2D eigenvalue weighted by Gasteiger charge is 2.47. The highest BCUT2D eigenvalue weighted by molar-refractivity contribution is 6.09. The van der Waals surface area contributed by atoms with Crippen LogP contribution in [0.1, 0.15) is 32.1 Å². The second kappa shape index (κ2) is 4.89. The lowest BCUT2D eigenvalue weighted by atomic mass is 9.79. The molecule has 1 aliphatic carbocycles. The summed E-state index contributed by atoms with van der Waals surface area (Å²) >= 11 is 0. The van der Waals surface area contributed by atoms with Crippen LogP contribution in [0.15, 0.2) is 24.3 Å². The minimum Gasteiger partial charge on any atom is -0.340 e. The third-order valence-electron chi connectivity index (χ3n) is 4.18. The van der Waals surface area contributed by atoms with E-state index in [4.69, 9.17) is 0 Å². The number of hydrogen-bond donors (Lipinski definition) is 1. The Labute approximate surface area is 117 Å². The van der Waals surface area contributed by atoms with Crippen molar-refractivity contribution in [1.29, 1.82) is 0 Å². The third kappa shape index (κ3) is 2.17. The van der Waals surface area contributed by atoms with E-state index in [0.717, 1.165) is 19.3 Å². The molecule has 1 spiro atoms. The molecule has 1 aliphatic heterocycles. The number of hydrogen-bond acceptors (Lipinski definition) is 2. The molecule has 0 atom stereocenters. The molecule has 1 aromatic rings. The van der Waals surface area contributed by atoms with Gasteiger partial charge in [0, 0.05) is 5.69 Å². The number of anilines is 1. The molecule has 0 unspecified atom stereocenters. The second-order valence-electron chi connectivity index (χ2n) is 5.56. The van der Waals surface area contributed by atoms with E-state index < -0.39 is 5.54 Å². The number of piperazine rings is 1. The predicted molar refractivity (Wildman–Crippen MR) is 72.7 cm³/mol. The lowest BCUT2D eigenvalue weighted by Crippen LogP contribution is -2.67. The van der Waals surface area contributed by atoms with E-state index in [1.165, 1.54) is 17.0 Å². The SMILES string of the molecule is O=C1CN(c2ccc(F)cc2)C(=O)C2(CCCCC2)N1. The minimum absolute atomic E-state index is 0.00617. The molecule has 3 rings (SSSR count). The zero-order chi connectivity index (χ0) is 14.2.